The van der Waals surface area contributed by atoms with Crippen molar-refractivity contribution in [3.63, 3.8) is 0 Å². The molecule has 2 aromatic carbocycles. The second kappa shape index (κ2) is 4.70. The van der Waals surface area contributed by atoms with Crippen molar-refractivity contribution in [3.05, 3.63) is 83.2 Å². The summed E-state index contributed by atoms with van der Waals surface area (Å²) >= 11 is 0. The zero-order valence-corrected chi connectivity index (χ0v) is 12.8. The predicted molar refractivity (Wildman–Crippen MR) is 91.4 cm³/mol. The maximum absolute atomic E-state index is 4.64. The van der Waals surface area contributed by atoms with Crippen molar-refractivity contribution in [3.8, 4) is 0 Å². The maximum atomic E-state index is 4.64. The van der Waals surface area contributed by atoms with E-state index in [1.165, 1.54) is 27.8 Å². The van der Waals surface area contributed by atoms with E-state index in [0.717, 1.165) is 5.52 Å². The third kappa shape index (κ3) is 1.92. The van der Waals surface area contributed by atoms with Gasteiger partial charge in [-0.25, -0.2) is 0 Å². The van der Waals surface area contributed by atoms with Crippen LogP contribution in [-0.4, -0.2) is 4.98 Å². The number of nitrogens with zero attached hydrogens (tertiary/aromatic N) is 1. The molecule has 4 rings (SSSR count). The van der Waals surface area contributed by atoms with E-state index in [2.05, 4.69) is 78.8 Å². The number of pyridine rings is 1. The summed E-state index contributed by atoms with van der Waals surface area (Å²) in [7, 11) is 0. The van der Waals surface area contributed by atoms with Crippen molar-refractivity contribution >= 4 is 17.0 Å². The number of nitrogens with one attached hydrogen (secondary N) is 1. The Balaban J connectivity index is 1.94. The van der Waals surface area contributed by atoms with Crippen LogP contribution in [0.15, 0.2) is 66.5 Å². The lowest BCUT2D eigenvalue weighted by molar-refractivity contribution is 0.482. The average Bonchev–Trinajstić information content (AvgIpc) is 2.54. The lowest BCUT2D eigenvalue weighted by atomic mass is 9.80. The topological polar surface area (TPSA) is 24.9 Å². The van der Waals surface area contributed by atoms with E-state index in [9.17, 15) is 0 Å². The van der Waals surface area contributed by atoms with Gasteiger partial charge in [0, 0.05) is 22.8 Å². The van der Waals surface area contributed by atoms with Crippen molar-refractivity contribution in [1.29, 1.82) is 0 Å². The molecule has 2 heterocycles. The molecule has 0 saturated heterocycles. The van der Waals surface area contributed by atoms with E-state index >= 15 is 0 Å². The molecule has 0 fully saturated rings. The van der Waals surface area contributed by atoms with Crippen molar-refractivity contribution in [2.75, 3.05) is 0 Å². The summed E-state index contributed by atoms with van der Waals surface area (Å²) in [5.74, 6) is 0. The van der Waals surface area contributed by atoms with E-state index in [4.69, 9.17) is 0 Å². The van der Waals surface area contributed by atoms with Gasteiger partial charge < -0.3 is 5.32 Å². The Kier molecular flexibility index (Phi) is 2.80. The van der Waals surface area contributed by atoms with Crippen LogP contribution in [0.4, 0.5) is 0 Å². The van der Waals surface area contributed by atoms with Crippen LogP contribution < -0.4 is 5.32 Å². The molecule has 1 aliphatic rings. The van der Waals surface area contributed by atoms with Crippen molar-refractivity contribution in [2.45, 2.75) is 19.4 Å². The predicted octanol–water partition coefficient (Wildman–Crippen LogP) is 4.46. The summed E-state index contributed by atoms with van der Waals surface area (Å²) in [4.78, 5) is 4.64. The van der Waals surface area contributed by atoms with Gasteiger partial charge in [-0.05, 0) is 43.2 Å². The normalized spacial score (nSPS) is 20.2. The molecule has 1 aromatic heterocycles. The molecule has 2 heteroatoms. The molecule has 108 valence electrons. The minimum Gasteiger partial charge on any atom is -0.375 e. The van der Waals surface area contributed by atoms with E-state index < -0.39 is 0 Å². The van der Waals surface area contributed by atoms with Crippen LogP contribution in [0.2, 0.25) is 0 Å². The fourth-order valence-corrected chi connectivity index (χ4v) is 3.38. The molecule has 2 nitrogen and oxygen atoms in total. The Bertz CT molecular complexity index is 895. The third-order valence-electron chi connectivity index (χ3n) is 4.49. The lowest BCUT2D eigenvalue weighted by Crippen LogP contribution is -2.42. The first-order valence-corrected chi connectivity index (χ1v) is 7.58. The smallest absolute Gasteiger partial charge is 0.0869 e. The largest absolute Gasteiger partial charge is 0.375 e. The fourth-order valence-electron chi connectivity index (χ4n) is 3.38. The average molecular weight is 286 g/mol. The van der Waals surface area contributed by atoms with Gasteiger partial charge in [0.05, 0.1) is 11.1 Å². The Morgan fingerprint density at radius 2 is 1.77 bits per heavy atom. The highest BCUT2D eigenvalue weighted by atomic mass is 15.0. The minimum atomic E-state index is -0.257. The lowest BCUT2D eigenvalue weighted by Gasteiger charge is -2.37. The number of aromatic nitrogens is 1. The summed E-state index contributed by atoms with van der Waals surface area (Å²) in [6, 6.07) is 19.1. The summed E-state index contributed by atoms with van der Waals surface area (Å²) < 4.78 is 0. The van der Waals surface area contributed by atoms with Gasteiger partial charge in [-0.1, -0.05) is 42.5 Å². The van der Waals surface area contributed by atoms with Gasteiger partial charge in [-0.3, -0.25) is 4.98 Å². The standard InChI is InChI=1S/C20H18N2/c1-14-11-15-7-3-5-9-18(15)20(2,22-14)17-12-16-8-4-6-10-19(16)21-13-17/h3-13,22H,1-2H3. The zero-order chi connectivity index (χ0) is 15.2. The molecule has 0 saturated carbocycles. The SMILES string of the molecule is CC1=Cc2ccccc2C(C)(c2cnc3ccccc3c2)N1. The van der Waals surface area contributed by atoms with E-state index in [1.807, 2.05) is 12.3 Å². The third-order valence-corrected chi connectivity index (χ3v) is 4.49. The minimum absolute atomic E-state index is 0.257. The number of hydrogen-bond donors (Lipinski definition) is 1. The van der Waals surface area contributed by atoms with Crippen LogP contribution in [0, 0.1) is 0 Å². The van der Waals surface area contributed by atoms with E-state index in [1.54, 1.807) is 0 Å². The number of allylic oxidation sites excluding steroid dienone is 1. The molecule has 0 radical (unpaired) electrons. The molecule has 0 aliphatic carbocycles. The second-order valence-electron chi connectivity index (χ2n) is 6.08. The van der Waals surface area contributed by atoms with Crippen LogP contribution in [0.25, 0.3) is 17.0 Å². The Morgan fingerprint density at radius 1 is 1.00 bits per heavy atom. The first-order valence-electron chi connectivity index (χ1n) is 7.58. The summed E-state index contributed by atoms with van der Waals surface area (Å²) in [6.07, 6.45) is 4.19. The second-order valence-corrected chi connectivity index (χ2v) is 6.08. The van der Waals surface area contributed by atoms with Gasteiger partial charge in [0.1, 0.15) is 0 Å². The Hall–Kier alpha value is -2.61. The molecular formula is C20H18N2. The number of fused-ring (bicyclic) bond motifs is 2. The highest BCUT2D eigenvalue weighted by molar-refractivity contribution is 5.79. The molecular weight excluding hydrogens is 268 g/mol. The quantitative estimate of drug-likeness (QED) is 0.714. The Morgan fingerprint density at radius 3 is 2.68 bits per heavy atom. The van der Waals surface area contributed by atoms with Crippen molar-refractivity contribution in [1.82, 2.24) is 10.3 Å². The number of hydrogen-bond acceptors (Lipinski definition) is 2. The zero-order valence-electron chi connectivity index (χ0n) is 12.8. The Labute approximate surface area is 130 Å². The highest BCUT2D eigenvalue weighted by Gasteiger charge is 2.33. The number of rotatable bonds is 1. The molecule has 3 aromatic rings. The molecule has 1 unspecified atom stereocenters. The van der Waals surface area contributed by atoms with Crippen molar-refractivity contribution in [2.24, 2.45) is 0 Å². The van der Waals surface area contributed by atoms with Gasteiger partial charge in [0.25, 0.3) is 0 Å². The van der Waals surface area contributed by atoms with Gasteiger partial charge >= 0.3 is 0 Å². The van der Waals surface area contributed by atoms with Gasteiger partial charge in [0.15, 0.2) is 0 Å². The first-order chi connectivity index (χ1) is 10.7. The van der Waals surface area contributed by atoms with Gasteiger partial charge in [-0.15, -0.1) is 0 Å². The molecule has 0 spiro atoms. The number of benzene rings is 2. The number of para-hydroxylation sites is 1. The molecule has 0 amide bonds. The molecule has 1 N–H and O–H groups in total. The summed E-state index contributed by atoms with van der Waals surface area (Å²) in [6.45, 7) is 4.34. The van der Waals surface area contributed by atoms with Crippen LogP contribution >= 0.6 is 0 Å². The summed E-state index contributed by atoms with van der Waals surface area (Å²) in [5, 5.41) is 4.82. The molecule has 22 heavy (non-hydrogen) atoms. The molecule has 0 bridgehead atoms. The molecule has 1 atom stereocenters. The van der Waals surface area contributed by atoms with Crippen LogP contribution in [0.3, 0.4) is 0 Å². The van der Waals surface area contributed by atoms with Crippen LogP contribution in [-0.2, 0) is 5.54 Å². The molecule has 1 aliphatic heterocycles. The van der Waals surface area contributed by atoms with E-state index in [0.29, 0.717) is 0 Å². The highest BCUT2D eigenvalue weighted by Crippen LogP contribution is 2.37. The van der Waals surface area contributed by atoms with Crippen LogP contribution in [0.5, 0.6) is 0 Å². The summed E-state index contributed by atoms with van der Waals surface area (Å²) in [5.41, 5.74) is 5.70. The van der Waals surface area contributed by atoms with E-state index in [-0.39, 0.29) is 5.54 Å². The maximum Gasteiger partial charge on any atom is 0.0869 e. The monoisotopic (exact) mass is 286 g/mol. The van der Waals surface area contributed by atoms with Crippen molar-refractivity contribution < 1.29 is 0 Å². The fraction of sp³-hybridized carbons (Fsp3) is 0.150. The van der Waals surface area contributed by atoms with Crippen LogP contribution in [0.1, 0.15) is 30.5 Å². The first kappa shape index (κ1) is 13.1. The van der Waals surface area contributed by atoms with Gasteiger partial charge in [-0.2, -0.15) is 0 Å². The van der Waals surface area contributed by atoms with Gasteiger partial charge in [0.2, 0.25) is 0 Å².